The number of fused-ring (bicyclic) bond motifs is 6. The summed E-state index contributed by atoms with van der Waals surface area (Å²) >= 11 is 0. The molecular weight excluding hydrogens is 683 g/mol. The third-order valence-electron chi connectivity index (χ3n) is 11.2. The number of furan rings is 1. The molecule has 8 aromatic carbocycles. The summed E-state index contributed by atoms with van der Waals surface area (Å²) in [5, 5.41) is 4.45. The largest absolute Gasteiger partial charge is 0.454 e. The highest BCUT2D eigenvalue weighted by Crippen LogP contribution is 2.42. The van der Waals surface area contributed by atoms with Gasteiger partial charge in [0.05, 0.1) is 28.5 Å². The van der Waals surface area contributed by atoms with Crippen LogP contribution in [0.15, 0.2) is 209 Å². The predicted molar refractivity (Wildman–Crippen MR) is 232 cm³/mol. The number of para-hydroxylation sites is 2. The summed E-state index contributed by atoms with van der Waals surface area (Å²) in [6.45, 7) is 0. The highest BCUT2D eigenvalue weighted by atomic mass is 16.3. The van der Waals surface area contributed by atoms with E-state index in [1.807, 2.05) is 6.07 Å². The van der Waals surface area contributed by atoms with Crippen LogP contribution in [0.4, 0.5) is 0 Å². The Morgan fingerprint density at radius 1 is 0.482 bits per heavy atom. The maximum atomic E-state index is 6.74. The van der Waals surface area contributed by atoms with Gasteiger partial charge in [-0.2, -0.15) is 0 Å². The molecule has 2 aromatic heterocycles. The van der Waals surface area contributed by atoms with Crippen LogP contribution in [0.25, 0.3) is 71.7 Å². The molecule has 3 heterocycles. The molecule has 4 nitrogen and oxygen atoms in total. The third kappa shape index (κ3) is 5.38. The van der Waals surface area contributed by atoms with Crippen LogP contribution >= 0.6 is 0 Å². The van der Waals surface area contributed by atoms with Gasteiger partial charge in [-0.25, -0.2) is 4.99 Å². The fraction of sp³-hybridized carbons (Fsp3) is 0.0385. The average molecular weight is 718 g/mol. The van der Waals surface area contributed by atoms with Crippen molar-refractivity contribution in [3.63, 3.8) is 0 Å². The van der Waals surface area contributed by atoms with E-state index in [4.69, 9.17) is 14.4 Å². The van der Waals surface area contributed by atoms with Gasteiger partial charge in [0.1, 0.15) is 5.58 Å². The van der Waals surface area contributed by atoms with Gasteiger partial charge >= 0.3 is 0 Å². The smallest absolute Gasteiger partial charge is 0.159 e. The number of hydrogen-bond acceptors (Lipinski definition) is 3. The lowest BCUT2D eigenvalue weighted by Gasteiger charge is -2.22. The molecule has 1 unspecified atom stereocenters. The van der Waals surface area contributed by atoms with Crippen molar-refractivity contribution in [2.75, 3.05) is 0 Å². The van der Waals surface area contributed by atoms with Gasteiger partial charge in [-0.1, -0.05) is 164 Å². The Bertz CT molecular complexity index is 3140. The first-order chi connectivity index (χ1) is 27.8. The number of rotatable bonds is 6. The van der Waals surface area contributed by atoms with Crippen molar-refractivity contribution in [3.05, 3.63) is 211 Å². The van der Waals surface area contributed by atoms with E-state index in [9.17, 15) is 0 Å². The summed E-state index contributed by atoms with van der Waals surface area (Å²) < 4.78 is 9.11. The van der Waals surface area contributed by atoms with Gasteiger partial charge in [-0.15, -0.1) is 0 Å². The first-order valence-electron chi connectivity index (χ1n) is 19.2. The van der Waals surface area contributed by atoms with Crippen molar-refractivity contribution in [1.29, 1.82) is 0 Å². The van der Waals surface area contributed by atoms with Crippen LogP contribution in [-0.4, -0.2) is 16.1 Å². The minimum absolute atomic E-state index is 0.0936. The van der Waals surface area contributed by atoms with E-state index in [1.54, 1.807) is 0 Å². The average Bonchev–Trinajstić information content (AvgIpc) is 3.83. The van der Waals surface area contributed by atoms with Crippen LogP contribution in [-0.2, 0) is 0 Å². The first-order valence-corrected chi connectivity index (χ1v) is 19.2. The molecule has 0 amide bonds. The Balaban J connectivity index is 1.14. The third-order valence-corrected chi connectivity index (χ3v) is 11.2. The number of amidine groups is 1. The zero-order chi connectivity index (χ0) is 37.0. The lowest BCUT2D eigenvalue weighted by atomic mass is 9.94. The van der Waals surface area contributed by atoms with Crippen molar-refractivity contribution in [3.8, 4) is 27.9 Å². The topological polar surface area (TPSA) is 42.8 Å². The molecule has 56 heavy (non-hydrogen) atoms. The molecule has 0 N–H and O–H groups in total. The van der Waals surface area contributed by atoms with E-state index in [0.717, 1.165) is 83.2 Å². The fourth-order valence-corrected chi connectivity index (χ4v) is 8.48. The molecule has 1 atom stereocenters. The number of hydrogen-bond donors (Lipinski definition) is 0. The highest BCUT2D eigenvalue weighted by Gasteiger charge is 2.26. The van der Waals surface area contributed by atoms with Gasteiger partial charge in [0.2, 0.25) is 0 Å². The van der Waals surface area contributed by atoms with Crippen molar-refractivity contribution in [2.24, 2.45) is 9.98 Å². The van der Waals surface area contributed by atoms with Crippen LogP contribution in [0, 0.1) is 0 Å². The molecule has 0 fully saturated rings. The summed E-state index contributed by atoms with van der Waals surface area (Å²) in [6.07, 6.45) is 0.715. The summed E-state index contributed by atoms with van der Waals surface area (Å²) in [4.78, 5) is 10.8. The molecule has 0 bridgehead atoms. The molecule has 10 aromatic rings. The molecule has 0 aliphatic carbocycles. The van der Waals surface area contributed by atoms with Gasteiger partial charge in [-0.05, 0) is 63.7 Å². The molecule has 4 heteroatoms. The van der Waals surface area contributed by atoms with Gasteiger partial charge in [-0.3, -0.25) is 4.99 Å². The first kappa shape index (κ1) is 32.2. The Morgan fingerprint density at radius 2 is 1.09 bits per heavy atom. The van der Waals surface area contributed by atoms with E-state index in [1.165, 1.54) is 16.7 Å². The van der Waals surface area contributed by atoms with Crippen LogP contribution in [0.1, 0.15) is 29.2 Å². The zero-order valence-corrected chi connectivity index (χ0v) is 30.5. The van der Waals surface area contributed by atoms with Crippen molar-refractivity contribution < 1.29 is 4.42 Å². The van der Waals surface area contributed by atoms with Crippen molar-refractivity contribution >= 4 is 55.3 Å². The number of aromatic nitrogens is 1. The number of nitrogens with zero attached hydrogens (tertiary/aromatic N) is 3. The molecule has 1 aliphatic heterocycles. The van der Waals surface area contributed by atoms with E-state index in [-0.39, 0.29) is 6.04 Å². The summed E-state index contributed by atoms with van der Waals surface area (Å²) in [6, 6.07) is 68.5. The van der Waals surface area contributed by atoms with E-state index < -0.39 is 0 Å². The molecule has 0 saturated carbocycles. The lowest BCUT2D eigenvalue weighted by Crippen LogP contribution is -2.17. The highest BCUT2D eigenvalue weighted by molar-refractivity contribution is 6.24. The summed E-state index contributed by atoms with van der Waals surface area (Å²) in [7, 11) is 0. The molecule has 11 rings (SSSR count). The van der Waals surface area contributed by atoms with Crippen LogP contribution in [0.3, 0.4) is 0 Å². The maximum Gasteiger partial charge on any atom is 0.159 e. The van der Waals surface area contributed by atoms with Crippen molar-refractivity contribution in [2.45, 2.75) is 12.5 Å². The van der Waals surface area contributed by atoms with E-state index >= 15 is 0 Å². The second kappa shape index (κ2) is 13.2. The monoisotopic (exact) mass is 717 g/mol. The van der Waals surface area contributed by atoms with E-state index in [0.29, 0.717) is 6.42 Å². The molecule has 0 spiro atoms. The van der Waals surface area contributed by atoms with Crippen molar-refractivity contribution in [1.82, 2.24) is 4.57 Å². The molecule has 0 saturated heterocycles. The van der Waals surface area contributed by atoms with Crippen LogP contribution in [0.5, 0.6) is 0 Å². The van der Waals surface area contributed by atoms with Crippen LogP contribution < -0.4 is 0 Å². The van der Waals surface area contributed by atoms with E-state index in [2.05, 4.69) is 193 Å². The minimum Gasteiger partial charge on any atom is -0.454 e. The Kier molecular flexibility index (Phi) is 7.59. The second-order valence-electron chi connectivity index (χ2n) is 14.5. The minimum atomic E-state index is -0.0936. The standard InChI is InChI=1S/C52H35N3O/c1-4-15-34(16-5-1)36-27-29-38(30-28-36)45-33-44(37-19-8-3-9-20-37)53-52(54-45)42-23-14-25-47-50(42)41-22-10-12-24-46(41)55(47)48-32-39(35-17-6-2-7-18-35)31-43-40-21-11-13-26-49(40)56-51(43)48/h1-32,45H,33H2. The lowest BCUT2D eigenvalue weighted by molar-refractivity contribution is 0.666. The predicted octanol–water partition coefficient (Wildman–Crippen LogP) is 13.4. The van der Waals surface area contributed by atoms with Gasteiger partial charge in [0.15, 0.2) is 11.4 Å². The maximum absolute atomic E-state index is 6.74. The normalized spacial score (nSPS) is 14.4. The molecule has 0 radical (unpaired) electrons. The molecular formula is C52H35N3O. The number of aliphatic imine (C=N–C) groups is 2. The quantitative estimate of drug-likeness (QED) is 0.169. The second-order valence-corrected chi connectivity index (χ2v) is 14.5. The molecule has 1 aliphatic rings. The number of benzene rings is 8. The van der Waals surface area contributed by atoms with Gasteiger partial charge in [0, 0.05) is 33.5 Å². The molecule has 264 valence electrons. The Hall–Kier alpha value is -7.30. The fourth-order valence-electron chi connectivity index (χ4n) is 8.48. The Labute approximate surface area is 324 Å². The van der Waals surface area contributed by atoms with Gasteiger partial charge in [0.25, 0.3) is 0 Å². The zero-order valence-electron chi connectivity index (χ0n) is 30.5. The summed E-state index contributed by atoms with van der Waals surface area (Å²) in [5.74, 6) is 0.743. The van der Waals surface area contributed by atoms with Crippen LogP contribution in [0.2, 0.25) is 0 Å². The SMILES string of the molecule is c1ccc(C2=NC(c3cccc4c3c3ccccc3n4-c3cc(-c4ccccc4)cc4c3oc3ccccc34)=NC(c3ccc(-c4ccccc4)cc3)C2)cc1. The summed E-state index contributed by atoms with van der Waals surface area (Å²) in [5.41, 5.74) is 13.9. The van der Waals surface area contributed by atoms with Gasteiger partial charge < -0.3 is 8.98 Å². The Morgan fingerprint density at radius 3 is 1.84 bits per heavy atom.